The van der Waals surface area contributed by atoms with Crippen LogP contribution in [0.1, 0.15) is 72.6 Å². The van der Waals surface area contributed by atoms with Crippen molar-refractivity contribution in [1.29, 1.82) is 0 Å². The number of aliphatic hydroxyl groups excluding tert-OH is 1. The van der Waals surface area contributed by atoms with Gasteiger partial charge in [0.1, 0.15) is 0 Å². The van der Waals surface area contributed by atoms with Crippen LogP contribution in [0.3, 0.4) is 0 Å². The van der Waals surface area contributed by atoms with E-state index < -0.39 is 5.60 Å². The summed E-state index contributed by atoms with van der Waals surface area (Å²) in [5.74, 6) is 0.913. The van der Waals surface area contributed by atoms with Crippen molar-refractivity contribution in [2.75, 3.05) is 6.61 Å². The summed E-state index contributed by atoms with van der Waals surface area (Å²) in [5.41, 5.74) is -0.0503. The van der Waals surface area contributed by atoms with E-state index in [2.05, 4.69) is 20.8 Å². The maximum atomic E-state index is 10.9. The second kappa shape index (κ2) is 5.04. The molecule has 2 fully saturated rings. The molecule has 0 aromatic rings. The topological polar surface area (TPSA) is 40.5 Å². The zero-order chi connectivity index (χ0) is 14.3. The Bertz CT molecular complexity index is 321. The quantitative estimate of drug-likeness (QED) is 0.800. The smallest absolute Gasteiger partial charge is 0.0654 e. The lowest BCUT2D eigenvalue weighted by Gasteiger charge is -2.56. The minimum atomic E-state index is -0.611. The van der Waals surface area contributed by atoms with Crippen LogP contribution in [0.2, 0.25) is 0 Å². The molecule has 2 rings (SSSR count). The van der Waals surface area contributed by atoms with Crippen molar-refractivity contribution in [3.05, 3.63) is 0 Å². The van der Waals surface area contributed by atoms with Crippen LogP contribution in [0.25, 0.3) is 0 Å². The summed E-state index contributed by atoms with van der Waals surface area (Å²) in [4.78, 5) is 0. The second-order valence-electron chi connectivity index (χ2n) is 8.21. The lowest BCUT2D eigenvalue weighted by Crippen LogP contribution is -2.51. The largest absolute Gasteiger partial charge is 0.396 e. The highest BCUT2D eigenvalue weighted by molar-refractivity contribution is 5.05. The molecule has 2 saturated carbocycles. The van der Waals surface area contributed by atoms with E-state index in [4.69, 9.17) is 0 Å². The molecule has 2 nitrogen and oxygen atoms in total. The minimum absolute atomic E-state index is 0.185. The number of rotatable bonds is 2. The van der Waals surface area contributed by atoms with Crippen LogP contribution in [-0.2, 0) is 0 Å². The summed E-state index contributed by atoms with van der Waals surface area (Å²) in [6.45, 7) is 9.40. The number of hydrogen-bond donors (Lipinski definition) is 2. The van der Waals surface area contributed by atoms with Crippen LogP contribution >= 0.6 is 0 Å². The Labute approximate surface area is 118 Å². The van der Waals surface area contributed by atoms with Crippen molar-refractivity contribution in [3.8, 4) is 0 Å². The van der Waals surface area contributed by atoms with Gasteiger partial charge in [0.15, 0.2) is 0 Å². The average Bonchev–Trinajstić information content (AvgIpc) is 2.38. The van der Waals surface area contributed by atoms with Crippen molar-refractivity contribution in [2.24, 2.45) is 22.7 Å². The van der Waals surface area contributed by atoms with Gasteiger partial charge in [-0.3, -0.25) is 0 Å². The van der Waals surface area contributed by atoms with E-state index in [1.807, 2.05) is 6.92 Å². The highest BCUT2D eigenvalue weighted by Gasteiger charge is 2.55. The second-order valence-corrected chi connectivity index (χ2v) is 8.21. The fourth-order valence-corrected chi connectivity index (χ4v) is 5.62. The normalized spacial score (nSPS) is 46.4. The van der Waals surface area contributed by atoms with Gasteiger partial charge in [0, 0.05) is 6.61 Å². The van der Waals surface area contributed by atoms with Gasteiger partial charge in [-0.15, -0.1) is 0 Å². The van der Waals surface area contributed by atoms with Gasteiger partial charge in [-0.05, 0) is 61.7 Å². The molecule has 2 heteroatoms. The third-order valence-corrected chi connectivity index (χ3v) is 6.42. The summed E-state index contributed by atoms with van der Waals surface area (Å²) in [6.07, 6.45) is 7.78. The molecule has 0 heterocycles. The lowest BCUT2D eigenvalue weighted by molar-refractivity contribution is -0.117. The van der Waals surface area contributed by atoms with E-state index in [9.17, 15) is 10.2 Å². The maximum absolute atomic E-state index is 10.9. The van der Waals surface area contributed by atoms with Crippen molar-refractivity contribution in [1.82, 2.24) is 0 Å². The van der Waals surface area contributed by atoms with Crippen molar-refractivity contribution < 1.29 is 10.2 Å². The van der Waals surface area contributed by atoms with Gasteiger partial charge >= 0.3 is 0 Å². The van der Waals surface area contributed by atoms with Crippen molar-refractivity contribution in [3.63, 3.8) is 0 Å². The molecule has 4 atom stereocenters. The van der Waals surface area contributed by atoms with E-state index in [1.54, 1.807) is 0 Å². The molecule has 0 aliphatic heterocycles. The Morgan fingerprint density at radius 2 is 1.68 bits per heavy atom. The Hall–Kier alpha value is -0.0800. The predicted octanol–water partition coefficient (Wildman–Crippen LogP) is 3.75. The molecular weight excluding hydrogens is 236 g/mol. The van der Waals surface area contributed by atoms with Crippen LogP contribution in [-0.4, -0.2) is 22.4 Å². The minimum Gasteiger partial charge on any atom is -0.396 e. The molecule has 4 unspecified atom stereocenters. The third kappa shape index (κ3) is 2.58. The lowest BCUT2D eigenvalue weighted by atomic mass is 9.50. The molecule has 0 saturated heterocycles. The van der Waals surface area contributed by atoms with Crippen molar-refractivity contribution in [2.45, 2.75) is 78.2 Å². The Kier molecular flexibility index (Phi) is 4.06. The van der Waals surface area contributed by atoms with Crippen LogP contribution < -0.4 is 0 Å². The monoisotopic (exact) mass is 268 g/mol. The van der Waals surface area contributed by atoms with Crippen molar-refractivity contribution >= 4 is 0 Å². The van der Waals surface area contributed by atoms with Gasteiger partial charge in [0.2, 0.25) is 0 Å². The molecule has 0 aromatic heterocycles. The van der Waals surface area contributed by atoms with Crippen LogP contribution in [0.15, 0.2) is 0 Å². The molecule has 112 valence electrons. The summed E-state index contributed by atoms with van der Waals surface area (Å²) in [6, 6.07) is 0. The summed E-state index contributed by atoms with van der Waals surface area (Å²) in [5, 5.41) is 20.4. The first-order valence-corrected chi connectivity index (χ1v) is 8.07. The van der Waals surface area contributed by atoms with Gasteiger partial charge < -0.3 is 10.2 Å². The molecule has 2 N–H and O–H groups in total. The Morgan fingerprint density at radius 1 is 1.00 bits per heavy atom. The standard InChI is InChI=1S/C17H32O2/c1-15(2)9-6-10-16(3)13(15)7-5-11-17(4,19)14(16)8-12-18/h13-14,18-19H,5-12H2,1-4H3. The number of fused-ring (bicyclic) bond motifs is 1. The molecule has 2 aliphatic rings. The zero-order valence-electron chi connectivity index (χ0n) is 13.2. The predicted molar refractivity (Wildman–Crippen MR) is 78.9 cm³/mol. The van der Waals surface area contributed by atoms with Crippen LogP contribution in [0.4, 0.5) is 0 Å². The maximum Gasteiger partial charge on any atom is 0.0654 e. The first-order valence-electron chi connectivity index (χ1n) is 8.07. The van der Waals surface area contributed by atoms with Gasteiger partial charge in [-0.25, -0.2) is 0 Å². The molecule has 0 bridgehead atoms. The van der Waals surface area contributed by atoms with Crippen LogP contribution in [0.5, 0.6) is 0 Å². The zero-order valence-corrected chi connectivity index (χ0v) is 13.2. The van der Waals surface area contributed by atoms with E-state index in [1.165, 1.54) is 25.7 Å². The number of hydrogen-bond acceptors (Lipinski definition) is 2. The molecule has 0 aromatic carbocycles. The Morgan fingerprint density at radius 3 is 2.32 bits per heavy atom. The third-order valence-electron chi connectivity index (χ3n) is 6.42. The molecule has 2 aliphatic carbocycles. The summed E-state index contributed by atoms with van der Waals surface area (Å²) in [7, 11) is 0. The number of aliphatic hydroxyl groups is 2. The molecule has 0 amide bonds. The first kappa shape index (κ1) is 15.3. The highest BCUT2D eigenvalue weighted by Crippen LogP contribution is 2.61. The molecular formula is C17H32O2. The molecule has 0 radical (unpaired) electrons. The fourth-order valence-electron chi connectivity index (χ4n) is 5.62. The van der Waals surface area contributed by atoms with Gasteiger partial charge in [-0.1, -0.05) is 33.6 Å². The first-order chi connectivity index (χ1) is 8.74. The summed E-state index contributed by atoms with van der Waals surface area (Å²) < 4.78 is 0. The fraction of sp³-hybridized carbons (Fsp3) is 1.00. The van der Waals surface area contributed by atoms with E-state index in [-0.39, 0.29) is 17.9 Å². The van der Waals surface area contributed by atoms with Gasteiger partial charge in [0.05, 0.1) is 5.60 Å². The molecule has 0 spiro atoms. The van der Waals surface area contributed by atoms with E-state index >= 15 is 0 Å². The van der Waals surface area contributed by atoms with Gasteiger partial charge in [-0.2, -0.15) is 0 Å². The Balaban J connectivity index is 2.40. The van der Waals surface area contributed by atoms with Crippen LogP contribution in [0, 0.1) is 22.7 Å². The SMILES string of the molecule is CC1(C)CCCC2(C)C1CCCC(C)(O)C2CCO. The van der Waals surface area contributed by atoms with E-state index in [0.29, 0.717) is 11.3 Å². The van der Waals surface area contributed by atoms with E-state index in [0.717, 1.165) is 19.3 Å². The van der Waals surface area contributed by atoms with Gasteiger partial charge in [0.25, 0.3) is 0 Å². The highest BCUT2D eigenvalue weighted by atomic mass is 16.3. The molecule has 19 heavy (non-hydrogen) atoms. The average molecular weight is 268 g/mol. The summed E-state index contributed by atoms with van der Waals surface area (Å²) >= 11 is 0.